The second-order valence-corrected chi connectivity index (χ2v) is 2.88. The molecular weight excluding hydrogens is 155 g/mol. The normalized spacial score (nSPS) is 27.3. The predicted octanol–water partition coefficient (Wildman–Crippen LogP) is 0.855. The number of aldehydes is 1. The third-order valence-corrected chi connectivity index (χ3v) is 2.13. The van der Waals surface area contributed by atoms with E-state index < -0.39 is 7.12 Å². The van der Waals surface area contributed by atoms with E-state index in [1.807, 2.05) is 13.8 Å². The summed E-state index contributed by atoms with van der Waals surface area (Å²) in [5.74, 6) is -0.0120. The van der Waals surface area contributed by atoms with Gasteiger partial charge in [-0.3, -0.25) is 0 Å². The van der Waals surface area contributed by atoms with E-state index in [4.69, 9.17) is 10.0 Å². The van der Waals surface area contributed by atoms with Gasteiger partial charge in [0.05, 0.1) is 0 Å². The highest BCUT2D eigenvalue weighted by Gasteiger charge is 2.32. The summed E-state index contributed by atoms with van der Waals surface area (Å²) in [6.45, 7) is 4.00. The predicted molar refractivity (Wildman–Crippen MR) is 48.7 cm³/mol. The SMILES string of the molecule is CC.O=CC1CCC(B(O)O)C1. The zero-order valence-corrected chi connectivity index (χ0v) is 7.73. The molecule has 70 valence electrons. The Kier molecular flexibility index (Phi) is 6.02. The molecule has 0 heterocycles. The minimum atomic E-state index is -1.23. The van der Waals surface area contributed by atoms with Crippen molar-refractivity contribution in [1.82, 2.24) is 0 Å². The van der Waals surface area contributed by atoms with Gasteiger partial charge in [0.25, 0.3) is 0 Å². The van der Waals surface area contributed by atoms with E-state index in [1.54, 1.807) is 0 Å². The zero-order chi connectivity index (χ0) is 9.56. The Labute approximate surface area is 73.9 Å². The molecule has 0 aromatic heterocycles. The molecule has 2 unspecified atom stereocenters. The van der Waals surface area contributed by atoms with Crippen LogP contribution in [0.2, 0.25) is 5.82 Å². The van der Waals surface area contributed by atoms with Gasteiger partial charge in [0, 0.05) is 5.92 Å². The van der Waals surface area contributed by atoms with Crippen molar-refractivity contribution in [2.24, 2.45) is 5.92 Å². The lowest BCUT2D eigenvalue weighted by Gasteiger charge is -2.04. The third kappa shape index (κ3) is 3.37. The maximum absolute atomic E-state index is 10.2. The fourth-order valence-corrected chi connectivity index (χ4v) is 1.45. The minimum absolute atomic E-state index is 0.0619. The molecule has 4 heteroatoms. The van der Waals surface area contributed by atoms with Crippen LogP contribution < -0.4 is 0 Å². The van der Waals surface area contributed by atoms with Crippen LogP contribution in [0.5, 0.6) is 0 Å². The highest BCUT2D eigenvalue weighted by Crippen LogP contribution is 2.34. The molecule has 0 aromatic rings. The van der Waals surface area contributed by atoms with E-state index in [1.165, 1.54) is 0 Å². The van der Waals surface area contributed by atoms with E-state index in [0.29, 0.717) is 6.42 Å². The van der Waals surface area contributed by atoms with E-state index in [9.17, 15) is 4.79 Å². The standard InChI is InChI=1S/C6H11BO3.C2H6/c8-4-5-1-2-6(3-5)7(9)10;1-2/h4-6,9-10H,1-3H2;1-2H3. The number of hydrogen-bond acceptors (Lipinski definition) is 3. The lowest BCUT2D eigenvalue weighted by molar-refractivity contribution is -0.110. The summed E-state index contributed by atoms with van der Waals surface area (Å²) in [6, 6.07) is 0. The molecule has 1 aliphatic carbocycles. The Hall–Kier alpha value is -0.345. The maximum atomic E-state index is 10.2. The summed E-state index contributed by atoms with van der Waals surface area (Å²) in [6.07, 6.45) is 3.12. The Bertz CT molecular complexity index is 127. The molecular formula is C8H17BO3. The Morgan fingerprint density at radius 3 is 2.17 bits per heavy atom. The van der Waals surface area contributed by atoms with Crippen LogP contribution in [0.3, 0.4) is 0 Å². The summed E-state index contributed by atoms with van der Waals surface area (Å²) < 4.78 is 0. The van der Waals surface area contributed by atoms with Crippen LogP contribution in [0.15, 0.2) is 0 Å². The van der Waals surface area contributed by atoms with Crippen LogP contribution in [0.1, 0.15) is 33.1 Å². The Balaban J connectivity index is 0.000000561. The summed E-state index contributed by atoms with van der Waals surface area (Å²) in [7, 11) is -1.23. The number of carbonyl (C=O) groups excluding carboxylic acids is 1. The van der Waals surface area contributed by atoms with E-state index >= 15 is 0 Å². The molecule has 3 nitrogen and oxygen atoms in total. The first kappa shape index (κ1) is 11.7. The fourth-order valence-electron chi connectivity index (χ4n) is 1.45. The summed E-state index contributed by atoms with van der Waals surface area (Å²) in [4.78, 5) is 10.2. The summed E-state index contributed by atoms with van der Waals surface area (Å²) >= 11 is 0. The molecule has 2 atom stereocenters. The highest BCUT2D eigenvalue weighted by atomic mass is 16.4. The molecule has 2 N–H and O–H groups in total. The third-order valence-electron chi connectivity index (χ3n) is 2.13. The number of rotatable bonds is 2. The monoisotopic (exact) mass is 172 g/mol. The van der Waals surface area contributed by atoms with Gasteiger partial charge in [-0.05, 0) is 18.7 Å². The van der Waals surface area contributed by atoms with Crippen molar-refractivity contribution >= 4 is 13.4 Å². The molecule has 0 spiro atoms. The van der Waals surface area contributed by atoms with Crippen LogP contribution in [0.25, 0.3) is 0 Å². The molecule has 12 heavy (non-hydrogen) atoms. The first-order chi connectivity index (χ1) is 5.74. The topological polar surface area (TPSA) is 57.5 Å². The number of carbonyl (C=O) groups is 1. The molecule has 1 aliphatic rings. The van der Waals surface area contributed by atoms with Gasteiger partial charge in [-0.25, -0.2) is 0 Å². The van der Waals surface area contributed by atoms with Crippen molar-refractivity contribution in [1.29, 1.82) is 0 Å². The van der Waals surface area contributed by atoms with E-state index in [2.05, 4.69) is 0 Å². The van der Waals surface area contributed by atoms with Gasteiger partial charge >= 0.3 is 7.12 Å². The van der Waals surface area contributed by atoms with E-state index in [0.717, 1.165) is 19.1 Å². The second-order valence-electron chi connectivity index (χ2n) is 2.88. The first-order valence-corrected chi connectivity index (χ1v) is 4.55. The maximum Gasteiger partial charge on any atom is 0.454 e. The molecule has 0 aliphatic heterocycles. The van der Waals surface area contributed by atoms with Crippen LogP contribution in [-0.2, 0) is 4.79 Å². The largest absolute Gasteiger partial charge is 0.454 e. The number of hydrogen-bond donors (Lipinski definition) is 2. The van der Waals surface area contributed by atoms with Gasteiger partial charge in [-0.1, -0.05) is 20.3 Å². The van der Waals surface area contributed by atoms with Gasteiger partial charge < -0.3 is 14.8 Å². The van der Waals surface area contributed by atoms with Crippen molar-refractivity contribution in [2.75, 3.05) is 0 Å². The molecule has 1 saturated carbocycles. The second kappa shape index (κ2) is 6.20. The molecule has 1 fully saturated rings. The van der Waals surface area contributed by atoms with Crippen LogP contribution in [0, 0.1) is 5.92 Å². The lowest BCUT2D eigenvalue weighted by Crippen LogP contribution is -2.17. The van der Waals surface area contributed by atoms with Crippen molar-refractivity contribution in [3.63, 3.8) is 0 Å². The average Bonchev–Trinajstić information content (AvgIpc) is 2.55. The molecule has 0 radical (unpaired) electrons. The Morgan fingerprint density at radius 2 is 1.92 bits per heavy atom. The smallest absolute Gasteiger partial charge is 0.427 e. The molecule has 1 rings (SSSR count). The molecule has 0 aromatic carbocycles. The van der Waals surface area contributed by atoms with Gasteiger partial charge in [0.1, 0.15) is 6.29 Å². The summed E-state index contributed by atoms with van der Waals surface area (Å²) in [5.41, 5.74) is 0. The Morgan fingerprint density at radius 1 is 1.33 bits per heavy atom. The molecule has 0 bridgehead atoms. The lowest BCUT2D eigenvalue weighted by atomic mass is 9.71. The van der Waals surface area contributed by atoms with E-state index in [-0.39, 0.29) is 11.7 Å². The summed E-state index contributed by atoms with van der Waals surface area (Å²) in [5, 5.41) is 17.4. The van der Waals surface area contributed by atoms with Gasteiger partial charge in [-0.2, -0.15) is 0 Å². The van der Waals surface area contributed by atoms with Crippen LogP contribution in [-0.4, -0.2) is 23.5 Å². The molecule has 0 saturated heterocycles. The van der Waals surface area contributed by atoms with Crippen molar-refractivity contribution in [3.05, 3.63) is 0 Å². The molecule has 0 amide bonds. The van der Waals surface area contributed by atoms with Crippen molar-refractivity contribution in [3.8, 4) is 0 Å². The highest BCUT2D eigenvalue weighted by molar-refractivity contribution is 6.43. The van der Waals surface area contributed by atoms with Crippen LogP contribution in [0.4, 0.5) is 0 Å². The van der Waals surface area contributed by atoms with Crippen molar-refractivity contribution < 1.29 is 14.8 Å². The van der Waals surface area contributed by atoms with Crippen molar-refractivity contribution in [2.45, 2.75) is 38.9 Å². The minimum Gasteiger partial charge on any atom is -0.427 e. The average molecular weight is 172 g/mol. The zero-order valence-electron chi connectivity index (χ0n) is 7.73. The first-order valence-electron chi connectivity index (χ1n) is 4.55. The van der Waals surface area contributed by atoms with Gasteiger partial charge in [0.2, 0.25) is 0 Å². The quantitative estimate of drug-likeness (QED) is 0.479. The van der Waals surface area contributed by atoms with Gasteiger partial charge in [0.15, 0.2) is 0 Å². The fraction of sp³-hybridized carbons (Fsp3) is 0.875. The van der Waals surface area contributed by atoms with Gasteiger partial charge in [-0.15, -0.1) is 0 Å². The van der Waals surface area contributed by atoms with Crippen LogP contribution >= 0.6 is 0 Å².